The Kier molecular flexibility index (Phi) is 3.42. The van der Waals surface area contributed by atoms with Crippen LogP contribution in [0, 0.1) is 11.8 Å². The molecule has 0 radical (unpaired) electrons. The minimum absolute atomic E-state index is 0.0200. The molecule has 1 saturated carbocycles. The van der Waals surface area contributed by atoms with Crippen LogP contribution in [0.4, 0.5) is 13.6 Å². The van der Waals surface area contributed by atoms with Crippen LogP contribution >= 0.6 is 0 Å². The molecule has 0 aromatic carbocycles. The zero-order valence-electron chi connectivity index (χ0n) is 11.7. The number of hydrogen-bond acceptors (Lipinski definition) is 3. The fraction of sp³-hybridized carbons (Fsp3) is 0.846. The van der Waals surface area contributed by atoms with Gasteiger partial charge in [-0.2, -0.15) is 0 Å². The third-order valence-electron chi connectivity index (χ3n) is 3.75. The lowest BCUT2D eigenvalue weighted by Crippen LogP contribution is -2.46. The summed E-state index contributed by atoms with van der Waals surface area (Å²) in [5, 5.41) is 9.25. The van der Waals surface area contributed by atoms with Crippen LogP contribution in [0.2, 0.25) is 0 Å². The van der Waals surface area contributed by atoms with E-state index in [0.717, 1.165) is 4.90 Å². The average molecular weight is 291 g/mol. The predicted molar refractivity (Wildman–Crippen MR) is 65.5 cm³/mol. The fourth-order valence-electron chi connectivity index (χ4n) is 3.12. The van der Waals surface area contributed by atoms with E-state index < -0.39 is 47.9 Å². The quantitative estimate of drug-likeness (QED) is 0.805. The number of amides is 1. The summed E-state index contributed by atoms with van der Waals surface area (Å²) in [6, 6.07) is -1.22. The lowest BCUT2D eigenvalue weighted by atomic mass is 9.94. The molecule has 1 saturated heterocycles. The second-order valence-electron chi connectivity index (χ2n) is 6.60. The first-order valence-corrected chi connectivity index (χ1v) is 6.60. The summed E-state index contributed by atoms with van der Waals surface area (Å²) in [6.07, 6.45) is -1.59. The Bertz CT molecular complexity index is 433. The predicted octanol–water partition coefficient (Wildman–Crippen LogP) is 2.35. The second kappa shape index (κ2) is 4.56. The van der Waals surface area contributed by atoms with Crippen molar-refractivity contribution in [3.63, 3.8) is 0 Å². The summed E-state index contributed by atoms with van der Waals surface area (Å²) in [4.78, 5) is 24.4. The number of nitrogens with zero attached hydrogens (tertiary/aromatic N) is 1. The maximum atomic E-state index is 13.4. The molecule has 0 spiro atoms. The van der Waals surface area contributed by atoms with E-state index in [0.29, 0.717) is 0 Å². The average Bonchev–Trinajstić information content (AvgIpc) is 2.65. The molecule has 114 valence electrons. The van der Waals surface area contributed by atoms with E-state index in [-0.39, 0.29) is 13.0 Å². The van der Waals surface area contributed by atoms with Crippen LogP contribution in [0.25, 0.3) is 0 Å². The lowest BCUT2D eigenvalue weighted by molar-refractivity contribution is -0.143. The van der Waals surface area contributed by atoms with Gasteiger partial charge in [-0.1, -0.05) is 0 Å². The minimum atomic E-state index is -2.83. The highest BCUT2D eigenvalue weighted by atomic mass is 19.3. The molecule has 1 aliphatic heterocycles. The number of carboxylic acid groups (broad SMARTS) is 1. The van der Waals surface area contributed by atoms with Gasteiger partial charge >= 0.3 is 12.1 Å². The zero-order chi connectivity index (χ0) is 15.3. The number of likely N-dealkylation sites (tertiary alicyclic amines) is 1. The third-order valence-corrected chi connectivity index (χ3v) is 3.75. The smallest absolute Gasteiger partial charge is 0.411 e. The van der Waals surface area contributed by atoms with Crippen molar-refractivity contribution in [2.75, 3.05) is 6.54 Å². The van der Waals surface area contributed by atoms with E-state index in [1.54, 1.807) is 20.8 Å². The van der Waals surface area contributed by atoms with Gasteiger partial charge in [-0.05, 0) is 26.7 Å². The molecule has 2 fully saturated rings. The number of rotatable bonds is 1. The molecular weight excluding hydrogens is 272 g/mol. The fourth-order valence-corrected chi connectivity index (χ4v) is 3.12. The molecule has 1 N–H and O–H groups in total. The van der Waals surface area contributed by atoms with Gasteiger partial charge in [-0.3, -0.25) is 4.90 Å². The number of carbonyl (C=O) groups is 2. The normalized spacial score (nSPS) is 32.0. The van der Waals surface area contributed by atoms with Gasteiger partial charge in [0.05, 0.1) is 0 Å². The molecule has 1 amide bonds. The highest BCUT2D eigenvalue weighted by molar-refractivity contribution is 5.81. The van der Waals surface area contributed by atoms with Gasteiger partial charge in [0.2, 0.25) is 5.92 Å². The molecule has 2 rings (SSSR count). The number of carbonyl (C=O) groups excluding carboxylic acids is 1. The molecule has 1 heterocycles. The van der Waals surface area contributed by atoms with E-state index in [1.165, 1.54) is 0 Å². The van der Waals surface area contributed by atoms with Gasteiger partial charge in [-0.15, -0.1) is 0 Å². The van der Waals surface area contributed by atoms with Crippen molar-refractivity contribution in [2.45, 2.75) is 51.2 Å². The number of alkyl halides is 2. The highest BCUT2D eigenvalue weighted by Crippen LogP contribution is 2.49. The van der Waals surface area contributed by atoms with Gasteiger partial charge in [0, 0.05) is 25.3 Å². The highest BCUT2D eigenvalue weighted by Gasteiger charge is 2.58. The molecule has 7 heteroatoms. The van der Waals surface area contributed by atoms with E-state index in [9.17, 15) is 23.5 Å². The molecule has 20 heavy (non-hydrogen) atoms. The third kappa shape index (κ3) is 2.86. The van der Waals surface area contributed by atoms with Crippen molar-refractivity contribution in [1.29, 1.82) is 0 Å². The van der Waals surface area contributed by atoms with Gasteiger partial charge < -0.3 is 9.84 Å². The van der Waals surface area contributed by atoms with Gasteiger partial charge in [0.1, 0.15) is 11.6 Å². The first kappa shape index (κ1) is 15.0. The topological polar surface area (TPSA) is 66.8 Å². The Balaban J connectivity index is 2.16. The molecule has 0 bridgehead atoms. The molecule has 2 aliphatic rings. The number of fused-ring (bicyclic) bond motifs is 1. The number of carboxylic acids is 1. The van der Waals surface area contributed by atoms with Crippen LogP contribution in [0.15, 0.2) is 0 Å². The van der Waals surface area contributed by atoms with Crippen molar-refractivity contribution in [2.24, 2.45) is 11.8 Å². The number of aliphatic carboxylic acids is 1. The number of halogens is 2. The molecule has 3 atom stereocenters. The second-order valence-corrected chi connectivity index (χ2v) is 6.60. The van der Waals surface area contributed by atoms with Crippen LogP contribution in [0.3, 0.4) is 0 Å². The van der Waals surface area contributed by atoms with Gasteiger partial charge in [0.25, 0.3) is 0 Å². The van der Waals surface area contributed by atoms with E-state index in [4.69, 9.17) is 4.74 Å². The summed E-state index contributed by atoms with van der Waals surface area (Å²) in [6.45, 7) is 5.04. The summed E-state index contributed by atoms with van der Waals surface area (Å²) < 4.78 is 31.9. The first-order chi connectivity index (χ1) is 9.00. The largest absolute Gasteiger partial charge is 0.480 e. The standard InChI is InChI=1S/C13H19F2NO4/c1-12(2,3)20-11(19)16-6-7-4-13(14,15)5-8(7)9(16)10(17)18/h7-9H,4-6H2,1-3H3,(H,17,18)/t7?,8-,9-/m0/s1. The lowest BCUT2D eigenvalue weighted by Gasteiger charge is -2.28. The SMILES string of the molecule is CC(C)(C)OC(=O)N1CC2CC(F)(F)C[C@@H]2[C@H]1C(=O)O. The van der Waals surface area contributed by atoms with Crippen LogP contribution < -0.4 is 0 Å². The van der Waals surface area contributed by atoms with Crippen molar-refractivity contribution in [3.05, 3.63) is 0 Å². The van der Waals surface area contributed by atoms with Crippen LogP contribution in [-0.4, -0.2) is 46.2 Å². The summed E-state index contributed by atoms with van der Waals surface area (Å²) in [7, 11) is 0. The maximum Gasteiger partial charge on any atom is 0.411 e. The molecule has 1 aliphatic carbocycles. The Morgan fingerprint density at radius 2 is 1.90 bits per heavy atom. The van der Waals surface area contributed by atoms with E-state index in [2.05, 4.69) is 0 Å². The van der Waals surface area contributed by atoms with Crippen LogP contribution in [-0.2, 0) is 9.53 Å². The van der Waals surface area contributed by atoms with Crippen molar-refractivity contribution in [1.82, 2.24) is 4.90 Å². The molecule has 0 aromatic rings. The van der Waals surface area contributed by atoms with Gasteiger partial charge in [0.15, 0.2) is 0 Å². The molecule has 5 nitrogen and oxygen atoms in total. The van der Waals surface area contributed by atoms with E-state index >= 15 is 0 Å². The Hall–Kier alpha value is -1.40. The Morgan fingerprint density at radius 1 is 1.30 bits per heavy atom. The summed E-state index contributed by atoms with van der Waals surface area (Å²) in [5.74, 6) is -5.25. The summed E-state index contributed by atoms with van der Waals surface area (Å²) >= 11 is 0. The van der Waals surface area contributed by atoms with Gasteiger partial charge in [-0.25, -0.2) is 18.4 Å². The molecule has 1 unspecified atom stereocenters. The van der Waals surface area contributed by atoms with E-state index in [1.807, 2.05) is 0 Å². The van der Waals surface area contributed by atoms with Crippen LogP contribution in [0.5, 0.6) is 0 Å². The Morgan fingerprint density at radius 3 is 2.40 bits per heavy atom. The maximum absolute atomic E-state index is 13.4. The van der Waals surface area contributed by atoms with Crippen molar-refractivity contribution in [3.8, 4) is 0 Å². The molecular formula is C13H19F2NO4. The first-order valence-electron chi connectivity index (χ1n) is 6.60. The molecule has 0 aromatic heterocycles. The zero-order valence-corrected chi connectivity index (χ0v) is 11.7. The minimum Gasteiger partial charge on any atom is -0.480 e. The number of ether oxygens (including phenoxy) is 1. The number of hydrogen-bond donors (Lipinski definition) is 1. The summed E-state index contributed by atoms with van der Waals surface area (Å²) in [5.41, 5.74) is -0.748. The van der Waals surface area contributed by atoms with Crippen molar-refractivity contribution >= 4 is 12.1 Å². The Labute approximate surface area is 115 Å². The monoisotopic (exact) mass is 291 g/mol. The van der Waals surface area contributed by atoms with Crippen molar-refractivity contribution < 1.29 is 28.2 Å². The van der Waals surface area contributed by atoms with Crippen LogP contribution in [0.1, 0.15) is 33.6 Å².